The van der Waals surface area contributed by atoms with Crippen molar-refractivity contribution in [3.63, 3.8) is 0 Å². The molecule has 0 spiro atoms. The lowest BCUT2D eigenvalue weighted by atomic mass is 10.1. The predicted octanol–water partition coefficient (Wildman–Crippen LogP) is 1.86. The SMILES string of the molecule is CNC(=O)Cn1cc(NCc2cc(C)ccc2C)cn1. The fourth-order valence-electron chi connectivity index (χ4n) is 1.96. The smallest absolute Gasteiger partial charge is 0.241 e. The average Bonchev–Trinajstić information content (AvgIpc) is 2.87. The Bertz CT molecular complexity index is 604. The molecule has 0 saturated heterocycles. The second-order valence-electron chi connectivity index (χ2n) is 4.88. The van der Waals surface area contributed by atoms with Gasteiger partial charge in [-0.3, -0.25) is 9.48 Å². The summed E-state index contributed by atoms with van der Waals surface area (Å²) in [5.74, 6) is -0.0609. The van der Waals surface area contributed by atoms with E-state index in [1.54, 1.807) is 17.9 Å². The molecule has 2 rings (SSSR count). The van der Waals surface area contributed by atoms with Crippen LogP contribution in [0.15, 0.2) is 30.6 Å². The van der Waals surface area contributed by atoms with Crippen LogP contribution in [0.1, 0.15) is 16.7 Å². The summed E-state index contributed by atoms with van der Waals surface area (Å²) in [7, 11) is 1.62. The van der Waals surface area contributed by atoms with Crippen LogP contribution in [0.3, 0.4) is 0 Å². The summed E-state index contributed by atoms with van der Waals surface area (Å²) in [6.07, 6.45) is 3.56. The lowest BCUT2D eigenvalue weighted by Gasteiger charge is -2.08. The molecule has 1 aromatic carbocycles. The first-order chi connectivity index (χ1) is 9.58. The fraction of sp³-hybridized carbons (Fsp3) is 0.333. The highest BCUT2D eigenvalue weighted by Gasteiger charge is 2.04. The molecular formula is C15H20N4O. The highest BCUT2D eigenvalue weighted by Crippen LogP contribution is 2.13. The maximum atomic E-state index is 11.3. The molecule has 0 atom stereocenters. The first-order valence-corrected chi connectivity index (χ1v) is 6.61. The van der Waals surface area contributed by atoms with E-state index in [9.17, 15) is 4.79 Å². The summed E-state index contributed by atoms with van der Waals surface area (Å²) in [5, 5.41) is 10.0. The molecule has 5 nitrogen and oxygen atoms in total. The number of benzene rings is 1. The molecule has 5 heteroatoms. The lowest BCUT2D eigenvalue weighted by molar-refractivity contribution is -0.121. The molecule has 0 aliphatic rings. The van der Waals surface area contributed by atoms with E-state index in [2.05, 4.69) is 47.8 Å². The van der Waals surface area contributed by atoms with Crippen molar-refractivity contribution in [3.8, 4) is 0 Å². The number of likely N-dealkylation sites (N-methyl/N-ethyl adjacent to an activating group) is 1. The maximum Gasteiger partial charge on any atom is 0.241 e. The zero-order valence-corrected chi connectivity index (χ0v) is 12.1. The third-order valence-electron chi connectivity index (χ3n) is 3.21. The minimum atomic E-state index is -0.0609. The van der Waals surface area contributed by atoms with Crippen molar-refractivity contribution in [2.45, 2.75) is 26.9 Å². The molecule has 2 aromatic rings. The Morgan fingerprint density at radius 3 is 2.90 bits per heavy atom. The van der Waals surface area contributed by atoms with Crippen LogP contribution in [-0.4, -0.2) is 22.7 Å². The number of amides is 1. The summed E-state index contributed by atoms with van der Waals surface area (Å²) in [6.45, 7) is 5.18. The van der Waals surface area contributed by atoms with Gasteiger partial charge in [-0.1, -0.05) is 23.8 Å². The normalized spacial score (nSPS) is 10.3. The van der Waals surface area contributed by atoms with E-state index in [0.29, 0.717) is 0 Å². The first-order valence-electron chi connectivity index (χ1n) is 6.61. The lowest BCUT2D eigenvalue weighted by Crippen LogP contribution is -2.23. The van der Waals surface area contributed by atoms with Crippen molar-refractivity contribution in [1.82, 2.24) is 15.1 Å². The summed E-state index contributed by atoms with van der Waals surface area (Å²) < 4.78 is 1.62. The quantitative estimate of drug-likeness (QED) is 0.873. The van der Waals surface area contributed by atoms with Gasteiger partial charge in [-0.15, -0.1) is 0 Å². The van der Waals surface area contributed by atoms with E-state index in [1.807, 2.05) is 6.20 Å². The molecule has 0 radical (unpaired) electrons. The van der Waals surface area contributed by atoms with Gasteiger partial charge in [-0.05, 0) is 25.0 Å². The second-order valence-corrected chi connectivity index (χ2v) is 4.88. The van der Waals surface area contributed by atoms with E-state index >= 15 is 0 Å². The van der Waals surface area contributed by atoms with Gasteiger partial charge in [0, 0.05) is 19.8 Å². The zero-order chi connectivity index (χ0) is 14.5. The molecule has 0 saturated carbocycles. The Hall–Kier alpha value is -2.30. The monoisotopic (exact) mass is 272 g/mol. The Labute approximate surface area is 119 Å². The molecule has 1 heterocycles. The van der Waals surface area contributed by atoms with Crippen molar-refractivity contribution >= 4 is 11.6 Å². The van der Waals surface area contributed by atoms with E-state index in [1.165, 1.54) is 16.7 Å². The van der Waals surface area contributed by atoms with Gasteiger partial charge >= 0.3 is 0 Å². The van der Waals surface area contributed by atoms with Crippen molar-refractivity contribution in [1.29, 1.82) is 0 Å². The number of hydrogen-bond acceptors (Lipinski definition) is 3. The minimum absolute atomic E-state index is 0.0609. The Balaban J connectivity index is 1.97. The second kappa shape index (κ2) is 6.23. The number of aromatic nitrogens is 2. The number of rotatable bonds is 5. The third-order valence-corrected chi connectivity index (χ3v) is 3.21. The highest BCUT2D eigenvalue weighted by atomic mass is 16.1. The molecule has 0 unspecified atom stereocenters. The summed E-state index contributed by atoms with van der Waals surface area (Å²) in [4.78, 5) is 11.3. The van der Waals surface area contributed by atoms with Gasteiger partial charge in [-0.2, -0.15) is 5.10 Å². The van der Waals surface area contributed by atoms with Crippen LogP contribution < -0.4 is 10.6 Å². The van der Waals surface area contributed by atoms with E-state index < -0.39 is 0 Å². The van der Waals surface area contributed by atoms with Gasteiger partial charge in [0.2, 0.25) is 5.91 Å². The molecule has 0 aliphatic carbocycles. The van der Waals surface area contributed by atoms with Crippen molar-refractivity contribution in [2.75, 3.05) is 12.4 Å². The largest absolute Gasteiger partial charge is 0.378 e. The van der Waals surface area contributed by atoms with E-state index in [0.717, 1.165) is 12.2 Å². The number of nitrogens with zero attached hydrogens (tertiary/aromatic N) is 2. The molecule has 106 valence electrons. The summed E-state index contributed by atoms with van der Waals surface area (Å²) in [6, 6.07) is 6.42. The number of aryl methyl sites for hydroxylation is 2. The van der Waals surface area contributed by atoms with Crippen LogP contribution in [0.2, 0.25) is 0 Å². The zero-order valence-electron chi connectivity index (χ0n) is 12.1. The summed E-state index contributed by atoms with van der Waals surface area (Å²) in [5.41, 5.74) is 4.70. The van der Waals surface area contributed by atoms with Crippen LogP contribution in [0.25, 0.3) is 0 Å². The highest BCUT2D eigenvalue weighted by molar-refractivity contribution is 5.75. The number of carbonyl (C=O) groups is 1. The molecule has 2 N–H and O–H groups in total. The fourth-order valence-corrected chi connectivity index (χ4v) is 1.96. The van der Waals surface area contributed by atoms with Crippen LogP contribution >= 0.6 is 0 Å². The molecule has 0 bridgehead atoms. The summed E-state index contributed by atoms with van der Waals surface area (Å²) >= 11 is 0. The van der Waals surface area contributed by atoms with E-state index in [4.69, 9.17) is 0 Å². The van der Waals surface area contributed by atoms with E-state index in [-0.39, 0.29) is 12.5 Å². The molecule has 1 aromatic heterocycles. The Morgan fingerprint density at radius 1 is 1.35 bits per heavy atom. The van der Waals surface area contributed by atoms with Gasteiger partial charge < -0.3 is 10.6 Å². The van der Waals surface area contributed by atoms with Gasteiger partial charge in [0.1, 0.15) is 6.54 Å². The van der Waals surface area contributed by atoms with Gasteiger partial charge in [0.25, 0.3) is 0 Å². The number of nitrogens with one attached hydrogen (secondary N) is 2. The third kappa shape index (κ3) is 3.60. The van der Waals surface area contributed by atoms with Crippen LogP contribution in [0.5, 0.6) is 0 Å². The van der Waals surface area contributed by atoms with Crippen molar-refractivity contribution in [2.24, 2.45) is 0 Å². The standard InChI is InChI=1S/C15H20N4O/c1-11-4-5-12(2)13(6-11)7-17-14-8-18-19(9-14)10-15(20)16-3/h4-6,8-9,17H,7,10H2,1-3H3,(H,16,20). The molecular weight excluding hydrogens is 252 g/mol. The Kier molecular flexibility index (Phi) is 4.40. The van der Waals surface area contributed by atoms with Gasteiger partial charge in [-0.25, -0.2) is 0 Å². The van der Waals surface area contributed by atoms with Crippen molar-refractivity contribution < 1.29 is 4.79 Å². The Morgan fingerprint density at radius 2 is 2.15 bits per heavy atom. The molecule has 20 heavy (non-hydrogen) atoms. The van der Waals surface area contributed by atoms with Crippen LogP contribution in [0, 0.1) is 13.8 Å². The van der Waals surface area contributed by atoms with Crippen LogP contribution in [-0.2, 0) is 17.9 Å². The van der Waals surface area contributed by atoms with Crippen molar-refractivity contribution in [3.05, 3.63) is 47.3 Å². The first kappa shape index (κ1) is 14.1. The number of carbonyl (C=O) groups excluding carboxylic acids is 1. The molecule has 1 amide bonds. The van der Waals surface area contributed by atoms with Gasteiger partial charge in [0.05, 0.1) is 11.9 Å². The molecule has 0 fully saturated rings. The number of hydrogen-bond donors (Lipinski definition) is 2. The van der Waals surface area contributed by atoms with Gasteiger partial charge in [0.15, 0.2) is 0 Å². The predicted molar refractivity (Wildman–Crippen MR) is 79.5 cm³/mol. The number of anilines is 1. The maximum absolute atomic E-state index is 11.3. The topological polar surface area (TPSA) is 59.0 Å². The molecule has 0 aliphatic heterocycles. The van der Waals surface area contributed by atoms with Crippen LogP contribution in [0.4, 0.5) is 5.69 Å². The minimum Gasteiger partial charge on any atom is -0.378 e. The average molecular weight is 272 g/mol.